The van der Waals surface area contributed by atoms with Crippen molar-refractivity contribution in [3.8, 4) is 0 Å². The molecule has 6 nitrogen and oxygen atoms in total. The first-order valence-corrected chi connectivity index (χ1v) is 3.77. The summed E-state index contributed by atoms with van der Waals surface area (Å²) in [6.07, 6.45) is 0. The number of para-hydroxylation sites is 1. The largest absolute Gasteiger partial charge is 0.473 e. The van der Waals surface area contributed by atoms with Gasteiger partial charge < -0.3 is 15.6 Å². The lowest BCUT2D eigenvalue weighted by Gasteiger charge is -2.00. The van der Waals surface area contributed by atoms with Gasteiger partial charge in [-0.2, -0.15) is 0 Å². The third kappa shape index (κ3) is 4.33. The number of carboxylic acid groups (broad SMARTS) is 2. The number of aliphatic carboxylic acids is 2. The molecule has 8 heteroatoms. The molecule has 0 aliphatic carbocycles. The van der Waals surface area contributed by atoms with Crippen LogP contribution in [-0.4, -0.2) is 22.2 Å². The molecule has 1 aromatic rings. The van der Waals surface area contributed by atoms with Gasteiger partial charge in [0.05, 0.1) is 0 Å². The fourth-order valence-electron chi connectivity index (χ4n) is 0.636. The molecule has 0 bridgehead atoms. The van der Waals surface area contributed by atoms with Crippen LogP contribution in [0, 0.1) is 11.6 Å². The van der Waals surface area contributed by atoms with E-state index in [2.05, 4.69) is 0 Å². The lowest BCUT2D eigenvalue weighted by Crippen LogP contribution is -2.10. The topological polar surface area (TPSA) is 113 Å². The monoisotopic (exact) mass is 234 g/mol. The van der Waals surface area contributed by atoms with Gasteiger partial charge in [0.2, 0.25) is 0 Å². The van der Waals surface area contributed by atoms with Crippen molar-refractivity contribution in [2.75, 3.05) is 5.43 Å². The molecule has 0 spiro atoms. The number of halogens is 2. The van der Waals surface area contributed by atoms with Crippen LogP contribution in [0.25, 0.3) is 0 Å². The lowest BCUT2D eigenvalue weighted by molar-refractivity contribution is -0.159. The summed E-state index contributed by atoms with van der Waals surface area (Å²) in [5.74, 6) is -0.211. The van der Waals surface area contributed by atoms with Gasteiger partial charge in [-0.05, 0) is 12.1 Å². The summed E-state index contributed by atoms with van der Waals surface area (Å²) in [7, 11) is 0. The van der Waals surface area contributed by atoms with E-state index in [-0.39, 0.29) is 5.69 Å². The number of hydrogen-bond donors (Lipinski definition) is 4. The van der Waals surface area contributed by atoms with Gasteiger partial charge in [-0.3, -0.25) is 5.84 Å². The SMILES string of the molecule is NNc1c(F)cccc1F.O=C(O)C(=O)O. The summed E-state index contributed by atoms with van der Waals surface area (Å²) in [4.78, 5) is 18.2. The molecule has 0 aliphatic heterocycles. The molecule has 0 fully saturated rings. The highest BCUT2D eigenvalue weighted by Crippen LogP contribution is 2.15. The molecule has 0 aliphatic rings. The van der Waals surface area contributed by atoms with E-state index in [9.17, 15) is 8.78 Å². The Hall–Kier alpha value is -2.22. The second kappa shape index (κ2) is 6.30. The Balaban J connectivity index is 0.000000325. The van der Waals surface area contributed by atoms with Crippen LogP contribution >= 0.6 is 0 Å². The summed E-state index contributed by atoms with van der Waals surface area (Å²) < 4.78 is 24.9. The van der Waals surface area contributed by atoms with Crippen molar-refractivity contribution in [1.29, 1.82) is 0 Å². The van der Waals surface area contributed by atoms with E-state index in [4.69, 9.17) is 25.6 Å². The Labute approximate surface area is 88.3 Å². The predicted octanol–water partition coefficient (Wildman–Crippen LogP) is 0.406. The van der Waals surface area contributed by atoms with Crippen LogP contribution in [0.3, 0.4) is 0 Å². The highest BCUT2D eigenvalue weighted by molar-refractivity contribution is 6.27. The molecule has 0 atom stereocenters. The second-order valence-electron chi connectivity index (χ2n) is 2.35. The number of carbonyl (C=O) groups is 2. The summed E-state index contributed by atoms with van der Waals surface area (Å²) in [6, 6.07) is 3.52. The smallest absolute Gasteiger partial charge is 0.414 e. The molecule has 88 valence electrons. The van der Waals surface area contributed by atoms with E-state index in [1.165, 1.54) is 6.07 Å². The highest BCUT2D eigenvalue weighted by Gasteiger charge is 2.04. The quantitative estimate of drug-likeness (QED) is 0.318. The zero-order valence-corrected chi connectivity index (χ0v) is 7.78. The van der Waals surface area contributed by atoms with Crippen molar-refractivity contribution in [2.24, 2.45) is 5.84 Å². The fraction of sp³-hybridized carbons (Fsp3) is 0. The lowest BCUT2D eigenvalue weighted by atomic mass is 10.3. The van der Waals surface area contributed by atoms with Crippen molar-refractivity contribution in [1.82, 2.24) is 0 Å². The van der Waals surface area contributed by atoms with Crippen LogP contribution < -0.4 is 11.3 Å². The summed E-state index contributed by atoms with van der Waals surface area (Å²) in [5.41, 5.74) is 1.61. The summed E-state index contributed by atoms with van der Waals surface area (Å²) >= 11 is 0. The molecule has 0 amide bonds. The molecule has 1 aromatic carbocycles. The number of hydrazine groups is 1. The molecule has 0 saturated heterocycles. The number of nitrogens with one attached hydrogen (secondary N) is 1. The van der Waals surface area contributed by atoms with Gasteiger partial charge in [-0.25, -0.2) is 18.4 Å². The van der Waals surface area contributed by atoms with Crippen molar-refractivity contribution in [2.45, 2.75) is 0 Å². The Morgan fingerprint density at radius 3 is 1.69 bits per heavy atom. The predicted molar refractivity (Wildman–Crippen MR) is 49.4 cm³/mol. The molecule has 0 aromatic heterocycles. The zero-order valence-electron chi connectivity index (χ0n) is 7.78. The van der Waals surface area contributed by atoms with Gasteiger partial charge in [-0.1, -0.05) is 6.07 Å². The maximum atomic E-state index is 12.5. The molecule has 0 radical (unpaired) electrons. The minimum atomic E-state index is -1.82. The third-order valence-corrected chi connectivity index (χ3v) is 1.29. The molecule has 5 N–H and O–H groups in total. The van der Waals surface area contributed by atoms with E-state index in [1.54, 1.807) is 0 Å². The van der Waals surface area contributed by atoms with Crippen LogP contribution in [-0.2, 0) is 9.59 Å². The number of nitrogens with two attached hydrogens (primary N) is 1. The minimum absolute atomic E-state index is 0.303. The Morgan fingerprint density at radius 2 is 1.50 bits per heavy atom. The minimum Gasteiger partial charge on any atom is -0.473 e. The number of nitrogen functional groups attached to an aromatic ring is 1. The fourth-order valence-corrected chi connectivity index (χ4v) is 0.636. The number of carboxylic acids is 2. The first-order chi connectivity index (χ1) is 7.40. The zero-order chi connectivity index (χ0) is 12.7. The maximum Gasteiger partial charge on any atom is 0.414 e. The van der Waals surface area contributed by atoms with Gasteiger partial charge >= 0.3 is 11.9 Å². The van der Waals surface area contributed by atoms with Crippen LogP contribution in [0.5, 0.6) is 0 Å². The molecular weight excluding hydrogens is 226 g/mol. The van der Waals surface area contributed by atoms with Crippen molar-refractivity contribution >= 4 is 17.6 Å². The van der Waals surface area contributed by atoms with Crippen LogP contribution in [0.2, 0.25) is 0 Å². The molecule has 0 heterocycles. The first-order valence-electron chi connectivity index (χ1n) is 3.77. The Kier molecular flexibility index (Phi) is 5.42. The number of anilines is 1. The van der Waals surface area contributed by atoms with Crippen LogP contribution in [0.15, 0.2) is 18.2 Å². The van der Waals surface area contributed by atoms with Crippen LogP contribution in [0.1, 0.15) is 0 Å². The average Bonchev–Trinajstić information content (AvgIpc) is 2.18. The summed E-state index contributed by atoms with van der Waals surface area (Å²) in [6.45, 7) is 0. The van der Waals surface area contributed by atoms with E-state index in [1.807, 2.05) is 5.43 Å². The van der Waals surface area contributed by atoms with Crippen LogP contribution in [0.4, 0.5) is 14.5 Å². The van der Waals surface area contributed by atoms with Gasteiger partial charge in [0.25, 0.3) is 0 Å². The van der Waals surface area contributed by atoms with Gasteiger partial charge in [0.15, 0.2) is 11.6 Å². The second-order valence-corrected chi connectivity index (χ2v) is 2.35. The molecule has 1 rings (SSSR count). The summed E-state index contributed by atoms with van der Waals surface area (Å²) in [5, 5.41) is 14.8. The highest BCUT2D eigenvalue weighted by atomic mass is 19.1. The van der Waals surface area contributed by atoms with E-state index < -0.39 is 23.6 Å². The molecule has 0 unspecified atom stereocenters. The number of rotatable bonds is 1. The van der Waals surface area contributed by atoms with Gasteiger partial charge in [0, 0.05) is 0 Å². The van der Waals surface area contributed by atoms with Crippen molar-refractivity contribution in [3.05, 3.63) is 29.8 Å². The van der Waals surface area contributed by atoms with E-state index in [0.29, 0.717) is 0 Å². The van der Waals surface area contributed by atoms with E-state index in [0.717, 1.165) is 12.1 Å². The van der Waals surface area contributed by atoms with Crippen molar-refractivity contribution < 1.29 is 28.6 Å². The van der Waals surface area contributed by atoms with Gasteiger partial charge in [-0.15, -0.1) is 0 Å². The molecule has 0 saturated carbocycles. The van der Waals surface area contributed by atoms with Gasteiger partial charge in [0.1, 0.15) is 5.69 Å². The van der Waals surface area contributed by atoms with E-state index >= 15 is 0 Å². The third-order valence-electron chi connectivity index (χ3n) is 1.29. The van der Waals surface area contributed by atoms with Crippen molar-refractivity contribution in [3.63, 3.8) is 0 Å². The first kappa shape index (κ1) is 13.8. The Bertz CT molecular complexity index is 365. The maximum absolute atomic E-state index is 12.5. The number of benzene rings is 1. The number of hydrogen-bond acceptors (Lipinski definition) is 4. The molecular formula is C8H8F2N2O4. The normalized spacial score (nSPS) is 8.69. The Morgan fingerprint density at radius 1 is 1.12 bits per heavy atom. The average molecular weight is 234 g/mol. The standard InChI is InChI=1S/C6H6F2N2.C2H2O4/c7-4-2-1-3-5(8)6(4)10-9;3-1(4)2(5)6/h1-3,10H,9H2;(H,3,4)(H,5,6). The molecule has 16 heavy (non-hydrogen) atoms.